The maximum absolute atomic E-state index is 13.1. The van der Waals surface area contributed by atoms with Gasteiger partial charge >= 0.3 is 5.97 Å². The van der Waals surface area contributed by atoms with Crippen molar-refractivity contribution in [2.24, 2.45) is 29.4 Å². The van der Waals surface area contributed by atoms with Gasteiger partial charge in [0.05, 0.1) is 26.3 Å². The summed E-state index contributed by atoms with van der Waals surface area (Å²) in [5.41, 5.74) is 10.2. The molecule has 10 nitrogen and oxygen atoms in total. The number of hydrogen-bond donors (Lipinski definition) is 1. The Morgan fingerprint density at radius 3 is 1.49 bits per heavy atom. The molecule has 0 bridgehead atoms. The van der Waals surface area contributed by atoms with Crippen molar-refractivity contribution in [2.75, 3.05) is 49.2 Å². The third-order valence-electron chi connectivity index (χ3n) is 13.9. The van der Waals surface area contributed by atoms with Gasteiger partial charge in [-0.3, -0.25) is 9.59 Å². The molecule has 68 heavy (non-hydrogen) atoms. The molecule has 5 fully saturated rings. The monoisotopic (exact) mass is 950 g/mol. The lowest BCUT2D eigenvalue weighted by Gasteiger charge is -2.21. The fourth-order valence-electron chi connectivity index (χ4n) is 9.49. The fourth-order valence-corrected chi connectivity index (χ4v) is 9.49. The highest BCUT2D eigenvalue weighted by molar-refractivity contribution is 5.85. The highest BCUT2D eigenvalue weighted by atomic mass is 35.5. The molecule has 2 aliphatic heterocycles. The van der Waals surface area contributed by atoms with Crippen LogP contribution in [0.25, 0.3) is 0 Å². The van der Waals surface area contributed by atoms with Crippen LogP contribution < -0.4 is 34.5 Å². The SMILES string of the molecule is C[C@H](CC(=O)C1CC[C@@H](CC(=O)OC(C)(C)C)C1)c1ccc(O[C@@H]2CCN(c3ccc(OCC4CC4)cc3)C2)cc1.C[C@H](N)c1ccc(O[C@@H]2CCN(c3ccc(OCC4CC4)cc3)C2)cc1.Cl. The second-order valence-electron chi connectivity index (χ2n) is 21.1. The number of hydrogen-bond acceptors (Lipinski definition) is 10. The number of anilines is 2. The van der Waals surface area contributed by atoms with Crippen LogP contribution >= 0.6 is 12.4 Å². The molecule has 0 amide bonds. The third kappa shape index (κ3) is 15.5. The topological polar surface area (TPSA) is 113 Å². The van der Waals surface area contributed by atoms with Gasteiger partial charge in [-0.05, 0) is 180 Å². The molecule has 11 heteroatoms. The van der Waals surface area contributed by atoms with Crippen molar-refractivity contribution < 1.29 is 33.3 Å². The molecule has 3 aliphatic carbocycles. The van der Waals surface area contributed by atoms with Crippen LogP contribution in [0.5, 0.6) is 23.0 Å². The Kier molecular flexibility index (Phi) is 17.7. The van der Waals surface area contributed by atoms with Gasteiger partial charge in [0.25, 0.3) is 0 Å². The maximum Gasteiger partial charge on any atom is 0.306 e. The summed E-state index contributed by atoms with van der Waals surface area (Å²) < 4.78 is 29.6. The van der Waals surface area contributed by atoms with E-state index in [2.05, 4.69) is 77.4 Å². The van der Waals surface area contributed by atoms with Crippen molar-refractivity contribution in [1.82, 2.24) is 0 Å². The number of ether oxygens (including phenoxy) is 5. The summed E-state index contributed by atoms with van der Waals surface area (Å²) in [4.78, 5) is 30.0. The normalized spacial score (nSPS) is 22.0. The van der Waals surface area contributed by atoms with Crippen molar-refractivity contribution in [3.8, 4) is 23.0 Å². The minimum absolute atomic E-state index is 0. The van der Waals surface area contributed by atoms with Crippen molar-refractivity contribution in [2.45, 2.75) is 135 Å². The zero-order chi connectivity index (χ0) is 46.9. The molecule has 0 spiro atoms. The van der Waals surface area contributed by atoms with Crippen molar-refractivity contribution >= 4 is 35.5 Å². The maximum atomic E-state index is 13.1. The zero-order valence-electron chi connectivity index (χ0n) is 41.1. The molecule has 4 aromatic carbocycles. The summed E-state index contributed by atoms with van der Waals surface area (Å²) in [6.45, 7) is 15.3. The first-order valence-corrected chi connectivity index (χ1v) is 25.3. The number of rotatable bonds is 19. The number of halogens is 1. The number of nitrogens with two attached hydrogens (primary N) is 1. The van der Waals surface area contributed by atoms with E-state index in [1.54, 1.807) is 0 Å². The molecular formula is C57H76ClN3O7. The number of ketones is 1. The van der Waals surface area contributed by atoms with Gasteiger partial charge < -0.3 is 39.2 Å². The number of nitrogens with zero attached hydrogens (tertiary/aromatic N) is 2. The molecule has 4 aromatic rings. The van der Waals surface area contributed by atoms with Crippen molar-refractivity contribution in [1.29, 1.82) is 0 Å². The minimum atomic E-state index is -0.463. The van der Waals surface area contributed by atoms with Gasteiger partial charge in [0.2, 0.25) is 0 Å². The van der Waals surface area contributed by atoms with Gasteiger partial charge in [0.1, 0.15) is 46.6 Å². The van der Waals surface area contributed by atoms with Gasteiger partial charge in [0.15, 0.2) is 0 Å². The molecule has 5 aliphatic rings. The Balaban J connectivity index is 0.000000218. The number of carbonyl (C=O) groups is 2. The summed E-state index contributed by atoms with van der Waals surface area (Å²) in [6.07, 6.45) is 11.2. The van der Waals surface area contributed by atoms with Crippen LogP contribution in [0.4, 0.5) is 11.4 Å². The zero-order valence-corrected chi connectivity index (χ0v) is 41.9. The number of Topliss-reactive ketones (excluding diaryl/α,β-unsaturated/α-hetero) is 1. The predicted octanol–water partition coefficient (Wildman–Crippen LogP) is 11.9. The molecule has 2 heterocycles. The van der Waals surface area contributed by atoms with E-state index in [1.807, 2.05) is 64.1 Å². The lowest BCUT2D eigenvalue weighted by atomic mass is 9.89. The third-order valence-corrected chi connectivity index (χ3v) is 13.9. The summed E-state index contributed by atoms with van der Waals surface area (Å²) >= 11 is 0. The summed E-state index contributed by atoms with van der Waals surface area (Å²) in [7, 11) is 0. The van der Waals surface area contributed by atoms with Gasteiger partial charge in [0, 0.05) is 62.1 Å². The highest BCUT2D eigenvalue weighted by Gasteiger charge is 2.33. The molecule has 0 radical (unpaired) electrons. The van der Waals surface area contributed by atoms with E-state index < -0.39 is 5.60 Å². The first-order chi connectivity index (χ1) is 32.3. The van der Waals surface area contributed by atoms with E-state index in [1.165, 1.54) is 37.1 Å². The highest BCUT2D eigenvalue weighted by Crippen LogP contribution is 2.37. The lowest BCUT2D eigenvalue weighted by Crippen LogP contribution is -2.25. The molecule has 9 rings (SSSR count). The molecule has 1 unspecified atom stereocenters. The second-order valence-corrected chi connectivity index (χ2v) is 21.1. The lowest BCUT2D eigenvalue weighted by molar-refractivity contribution is -0.156. The Morgan fingerprint density at radius 1 is 0.603 bits per heavy atom. The number of carbonyl (C=O) groups excluding carboxylic acids is 2. The van der Waals surface area contributed by atoms with Crippen LogP contribution in [0.3, 0.4) is 0 Å². The first-order valence-electron chi connectivity index (χ1n) is 25.3. The van der Waals surface area contributed by atoms with Crippen LogP contribution in [-0.2, 0) is 14.3 Å². The van der Waals surface area contributed by atoms with E-state index >= 15 is 0 Å². The minimum Gasteiger partial charge on any atom is -0.493 e. The average Bonchev–Trinajstić information content (AvgIpc) is 4.17. The Hall–Kier alpha value is -4.93. The van der Waals surface area contributed by atoms with Crippen molar-refractivity contribution in [3.63, 3.8) is 0 Å². The van der Waals surface area contributed by atoms with Crippen LogP contribution in [0.2, 0.25) is 0 Å². The van der Waals surface area contributed by atoms with E-state index in [9.17, 15) is 9.59 Å². The Bertz CT molecular complexity index is 2190. The molecule has 368 valence electrons. The smallest absolute Gasteiger partial charge is 0.306 e. The van der Waals surface area contributed by atoms with Crippen molar-refractivity contribution in [3.05, 3.63) is 108 Å². The van der Waals surface area contributed by atoms with Crippen LogP contribution in [-0.4, -0.2) is 69.0 Å². The van der Waals surface area contributed by atoms with E-state index in [0.717, 1.165) is 117 Å². The molecular weight excluding hydrogens is 874 g/mol. The molecule has 6 atom stereocenters. The molecule has 3 saturated carbocycles. The fraction of sp³-hybridized carbons (Fsp3) is 0.544. The molecule has 2 N–H and O–H groups in total. The summed E-state index contributed by atoms with van der Waals surface area (Å²) in [6, 6.07) is 33.4. The van der Waals surface area contributed by atoms with Crippen LogP contribution in [0.1, 0.15) is 128 Å². The standard InChI is InChI=1S/C35H47NO5.C22H28N2O2.ClH/c1-24(19-33(37)28-8-7-26(20-28)21-34(38)41-35(2,3)4)27-9-13-31(14-10-27)40-32-17-18-36(22-32)29-11-15-30(16-12-29)39-23-25-5-6-25;1-16(23)18-4-8-21(9-5-18)26-22-12-13-24(14-22)19-6-10-20(11-7-19)25-15-17-2-3-17;/h9-16,24-26,28,32H,5-8,17-23H2,1-4H3;4-11,16-17,22H,2-3,12-15,23H2,1H3;1H/t24-,26-,28?,32-;16-,22+;/m10./s1. The first kappa shape index (κ1) is 50.9. The second kappa shape index (κ2) is 23.6. The number of esters is 1. The van der Waals surface area contributed by atoms with Crippen LogP contribution in [0, 0.1) is 23.7 Å². The Labute approximate surface area is 412 Å². The largest absolute Gasteiger partial charge is 0.493 e. The van der Waals surface area contributed by atoms with Gasteiger partial charge in [-0.2, -0.15) is 0 Å². The molecule has 0 aromatic heterocycles. The summed E-state index contributed by atoms with van der Waals surface area (Å²) in [5.74, 6) is 5.90. The molecule has 2 saturated heterocycles. The van der Waals surface area contributed by atoms with Gasteiger partial charge in [-0.1, -0.05) is 31.2 Å². The average molecular weight is 951 g/mol. The summed E-state index contributed by atoms with van der Waals surface area (Å²) in [5, 5.41) is 0. The van der Waals surface area contributed by atoms with E-state index in [-0.39, 0.29) is 54.4 Å². The quantitative estimate of drug-likeness (QED) is 0.0912. The van der Waals surface area contributed by atoms with E-state index in [0.29, 0.717) is 18.6 Å². The predicted molar refractivity (Wildman–Crippen MR) is 274 cm³/mol. The van der Waals surface area contributed by atoms with Gasteiger partial charge in [-0.25, -0.2) is 0 Å². The number of benzene rings is 4. The van der Waals surface area contributed by atoms with Gasteiger partial charge in [-0.15, -0.1) is 12.4 Å². The Morgan fingerprint density at radius 2 is 1.04 bits per heavy atom. The van der Waals surface area contributed by atoms with Crippen LogP contribution in [0.15, 0.2) is 97.1 Å². The van der Waals surface area contributed by atoms with E-state index in [4.69, 9.17) is 29.4 Å².